The minimum absolute atomic E-state index is 0. The Bertz CT molecular complexity index is 13.5. The Balaban J connectivity index is 0. The van der Waals surface area contributed by atoms with Crippen molar-refractivity contribution in [1.29, 1.82) is 0 Å². The fraction of sp³-hybridized carbons (Fsp3) is 0. The molecular formula is C2H3CsO. The molecule has 0 spiro atoms. The molecular weight excluding hydrogens is 173 g/mol. The van der Waals surface area contributed by atoms with Gasteiger partial charge in [-0.1, -0.05) is 0 Å². The standard InChI is InChI=1S/C2H4O.Cs/c1-2-3;/h2-3H,1H2;/q;+1/p-1. The third-order valence-corrected chi connectivity index (χ3v) is 0. The predicted octanol–water partition coefficient (Wildman–Crippen LogP) is -3.51. The monoisotopic (exact) mass is 176 g/mol. The van der Waals surface area contributed by atoms with E-state index in [2.05, 4.69) is 6.58 Å². The molecule has 2 heteroatoms. The molecule has 0 aliphatic rings. The molecule has 18 valence electrons. The maximum Gasteiger partial charge on any atom is 1.00 e. The Morgan fingerprint density at radius 1 is 1.75 bits per heavy atom. The summed E-state index contributed by atoms with van der Waals surface area (Å²) in [4.78, 5) is 0. The Morgan fingerprint density at radius 2 is 1.75 bits per heavy atom. The zero-order valence-electron chi connectivity index (χ0n) is 2.69. The largest absolute Gasteiger partial charge is 1.00 e. The summed E-state index contributed by atoms with van der Waals surface area (Å²) in [5, 5.41) is 8.69. The normalized spacial score (nSPS) is 3.00. The van der Waals surface area contributed by atoms with E-state index in [0.717, 1.165) is 0 Å². The van der Waals surface area contributed by atoms with Crippen LogP contribution in [0.25, 0.3) is 0 Å². The molecule has 0 aliphatic heterocycles. The molecule has 0 aliphatic carbocycles. The van der Waals surface area contributed by atoms with Crippen LogP contribution in [-0.2, 0) is 0 Å². The molecule has 0 saturated carbocycles. The second kappa shape index (κ2) is 8.82. The molecule has 0 saturated heterocycles. The van der Waals surface area contributed by atoms with Crippen LogP contribution in [0.1, 0.15) is 0 Å². The van der Waals surface area contributed by atoms with Gasteiger partial charge in [0.05, 0.1) is 0 Å². The minimum atomic E-state index is 0. The summed E-state index contributed by atoms with van der Waals surface area (Å²) < 4.78 is 0. The van der Waals surface area contributed by atoms with Crippen molar-refractivity contribution in [3.05, 3.63) is 12.8 Å². The van der Waals surface area contributed by atoms with Gasteiger partial charge in [0, 0.05) is 0 Å². The molecule has 0 amide bonds. The van der Waals surface area contributed by atoms with Crippen molar-refractivity contribution in [2.24, 2.45) is 0 Å². The van der Waals surface area contributed by atoms with Crippen molar-refractivity contribution in [2.45, 2.75) is 0 Å². The Hall–Kier alpha value is 1.59. The fourth-order valence-electron chi connectivity index (χ4n) is 0. The van der Waals surface area contributed by atoms with Gasteiger partial charge in [0.2, 0.25) is 0 Å². The molecule has 0 bridgehead atoms. The van der Waals surface area contributed by atoms with Gasteiger partial charge < -0.3 is 5.11 Å². The van der Waals surface area contributed by atoms with Crippen LogP contribution >= 0.6 is 0 Å². The van der Waals surface area contributed by atoms with Crippen LogP contribution in [0.15, 0.2) is 12.8 Å². The van der Waals surface area contributed by atoms with Crippen LogP contribution in [0.4, 0.5) is 0 Å². The van der Waals surface area contributed by atoms with E-state index in [4.69, 9.17) is 5.11 Å². The molecule has 1 nitrogen and oxygen atoms in total. The number of hydrogen-bond donors (Lipinski definition) is 0. The first-order valence-electron chi connectivity index (χ1n) is 0.644. The second-order valence-corrected chi connectivity index (χ2v) is 0.167. The van der Waals surface area contributed by atoms with E-state index in [1.54, 1.807) is 0 Å². The molecule has 0 aromatic rings. The topological polar surface area (TPSA) is 23.1 Å². The first-order valence-corrected chi connectivity index (χ1v) is 0.644. The maximum atomic E-state index is 8.69. The average molecular weight is 176 g/mol. The van der Waals surface area contributed by atoms with E-state index in [9.17, 15) is 0 Å². The van der Waals surface area contributed by atoms with Gasteiger partial charge in [-0.3, -0.25) is 0 Å². The third kappa shape index (κ3) is 9.52. The van der Waals surface area contributed by atoms with Crippen LogP contribution in [0.2, 0.25) is 0 Å². The first-order chi connectivity index (χ1) is 1.41. The number of rotatable bonds is 0. The Labute approximate surface area is 84.5 Å². The number of hydrogen-bond acceptors (Lipinski definition) is 1. The zero-order valence-corrected chi connectivity index (χ0v) is 8.97. The predicted molar refractivity (Wildman–Crippen MR) is 10.2 cm³/mol. The average Bonchev–Trinajstić information content (AvgIpc) is 0.918. The van der Waals surface area contributed by atoms with Crippen molar-refractivity contribution in [2.75, 3.05) is 0 Å². The van der Waals surface area contributed by atoms with Crippen molar-refractivity contribution in [3.63, 3.8) is 0 Å². The fourth-order valence-corrected chi connectivity index (χ4v) is 0. The summed E-state index contributed by atoms with van der Waals surface area (Å²) in [5.41, 5.74) is 0. The van der Waals surface area contributed by atoms with Gasteiger partial charge in [0.1, 0.15) is 0 Å². The Morgan fingerprint density at radius 3 is 1.75 bits per heavy atom. The molecule has 0 fully saturated rings. The summed E-state index contributed by atoms with van der Waals surface area (Å²) in [7, 11) is 0. The quantitative estimate of drug-likeness (QED) is 0.351. The molecule has 0 rings (SSSR count). The SMILES string of the molecule is C=C[O-].[Cs+]. The van der Waals surface area contributed by atoms with Gasteiger partial charge >= 0.3 is 68.9 Å². The van der Waals surface area contributed by atoms with E-state index < -0.39 is 0 Å². The van der Waals surface area contributed by atoms with E-state index in [1.165, 1.54) is 0 Å². The molecule has 0 atom stereocenters. The summed E-state index contributed by atoms with van der Waals surface area (Å²) in [5.74, 6) is 0. The van der Waals surface area contributed by atoms with Gasteiger partial charge in [-0.15, -0.1) is 6.58 Å². The van der Waals surface area contributed by atoms with Crippen molar-refractivity contribution >= 4 is 0 Å². The first kappa shape index (κ1) is 9.14. The second-order valence-electron chi connectivity index (χ2n) is 0.167. The van der Waals surface area contributed by atoms with E-state index >= 15 is 0 Å². The molecule has 0 aromatic heterocycles. The molecule has 0 unspecified atom stereocenters. The van der Waals surface area contributed by atoms with E-state index in [1.807, 2.05) is 0 Å². The maximum absolute atomic E-state index is 8.69. The van der Waals surface area contributed by atoms with Crippen LogP contribution in [0, 0.1) is 0 Å². The smallest absolute Gasteiger partial charge is 0.878 e. The molecule has 0 radical (unpaired) electrons. The third-order valence-electron chi connectivity index (χ3n) is 0. The summed E-state index contributed by atoms with van der Waals surface area (Å²) in [6.07, 6.45) is 0.500. The van der Waals surface area contributed by atoms with Gasteiger partial charge in [0.25, 0.3) is 0 Å². The van der Waals surface area contributed by atoms with Crippen LogP contribution in [0.5, 0.6) is 0 Å². The molecule has 4 heavy (non-hydrogen) atoms. The molecule has 0 heterocycles. The van der Waals surface area contributed by atoms with Gasteiger partial charge in [-0.05, 0) is 0 Å². The van der Waals surface area contributed by atoms with Gasteiger partial charge in [-0.2, -0.15) is 6.26 Å². The van der Waals surface area contributed by atoms with Gasteiger partial charge in [0.15, 0.2) is 0 Å². The van der Waals surface area contributed by atoms with Crippen LogP contribution < -0.4 is 74.0 Å². The van der Waals surface area contributed by atoms with E-state index in [-0.39, 0.29) is 68.9 Å². The molecule has 0 N–H and O–H groups in total. The summed E-state index contributed by atoms with van der Waals surface area (Å²) >= 11 is 0. The zero-order chi connectivity index (χ0) is 2.71. The van der Waals surface area contributed by atoms with Gasteiger partial charge in [-0.25, -0.2) is 0 Å². The summed E-state index contributed by atoms with van der Waals surface area (Å²) in [6.45, 7) is 2.81. The summed E-state index contributed by atoms with van der Waals surface area (Å²) in [6, 6.07) is 0. The van der Waals surface area contributed by atoms with Crippen molar-refractivity contribution < 1.29 is 74.0 Å². The van der Waals surface area contributed by atoms with E-state index in [0.29, 0.717) is 6.26 Å². The van der Waals surface area contributed by atoms with Crippen molar-refractivity contribution in [1.82, 2.24) is 0 Å². The van der Waals surface area contributed by atoms with Crippen molar-refractivity contribution in [3.8, 4) is 0 Å². The molecule has 0 aromatic carbocycles. The van der Waals surface area contributed by atoms with Crippen LogP contribution in [0.3, 0.4) is 0 Å². The van der Waals surface area contributed by atoms with Crippen LogP contribution in [-0.4, -0.2) is 0 Å². The Kier molecular flexibility index (Phi) is 20.1. The minimum Gasteiger partial charge on any atom is -0.878 e.